The Morgan fingerprint density at radius 1 is 0.966 bits per heavy atom. The van der Waals surface area contributed by atoms with E-state index in [9.17, 15) is 0 Å². The fraction of sp³-hybridized carbons (Fsp3) is 0.682. The van der Waals surface area contributed by atoms with Gasteiger partial charge in [-0.05, 0) is 56.6 Å². The molecule has 0 N–H and O–H groups in total. The van der Waals surface area contributed by atoms with Crippen molar-refractivity contribution in [1.29, 1.82) is 0 Å². The van der Waals surface area contributed by atoms with Gasteiger partial charge in [-0.2, -0.15) is 0 Å². The Kier molecular flexibility index (Phi) is 5.59. The van der Waals surface area contributed by atoms with E-state index in [0.29, 0.717) is 22.1 Å². The molecular weight excluding hydrogens is 382 g/mol. The molecule has 1 saturated heterocycles. The molecule has 2 aromatic rings. The van der Waals surface area contributed by atoms with Crippen molar-refractivity contribution in [2.75, 3.05) is 0 Å². The van der Waals surface area contributed by atoms with Crippen LogP contribution in [-0.2, 0) is 9.31 Å². The lowest BCUT2D eigenvalue weighted by atomic mass is 9.77. The number of nitrogens with zero attached hydrogens (tertiary/aromatic N) is 2. The number of aromatic nitrogens is 2. The molecule has 3 rings (SSSR count). The van der Waals surface area contributed by atoms with E-state index in [2.05, 4.69) is 57.0 Å². The number of fused-ring (bicyclic) bond motifs is 1. The van der Waals surface area contributed by atoms with Gasteiger partial charge in [0.15, 0.2) is 8.24 Å². The number of rotatable bonds is 5. The molecule has 160 valence electrons. The highest BCUT2D eigenvalue weighted by Crippen LogP contribution is 2.44. The second-order valence-electron chi connectivity index (χ2n) is 10.4. The van der Waals surface area contributed by atoms with Crippen molar-refractivity contribution in [3.63, 3.8) is 0 Å². The average molecular weight is 418 g/mol. The molecule has 0 radical (unpaired) electrons. The topological polar surface area (TPSA) is 36.3 Å². The fourth-order valence-corrected chi connectivity index (χ4v) is 12.0. The van der Waals surface area contributed by atoms with Gasteiger partial charge in [0.1, 0.15) is 11.5 Å². The third-order valence-electron chi connectivity index (χ3n) is 7.39. The summed E-state index contributed by atoms with van der Waals surface area (Å²) in [5, 5.41) is 0.794. The van der Waals surface area contributed by atoms with Gasteiger partial charge in [0.2, 0.25) is 0 Å². The first-order valence-corrected chi connectivity index (χ1v) is 13.0. The maximum Gasteiger partial charge on any atom is 0.498 e. The van der Waals surface area contributed by atoms with Crippen LogP contribution in [0, 0.1) is 5.82 Å². The third kappa shape index (κ3) is 3.20. The molecular formula is C22H36BFN2O2Si. The van der Waals surface area contributed by atoms with Gasteiger partial charge in [-0.15, -0.1) is 0 Å². The van der Waals surface area contributed by atoms with Crippen molar-refractivity contribution in [2.45, 2.75) is 97.1 Å². The monoisotopic (exact) mass is 418 g/mol. The Hall–Kier alpha value is -1.18. The van der Waals surface area contributed by atoms with E-state index in [0.717, 1.165) is 11.0 Å². The Balaban J connectivity index is 2.23. The van der Waals surface area contributed by atoms with Crippen LogP contribution in [0.2, 0.25) is 16.6 Å². The van der Waals surface area contributed by atoms with Gasteiger partial charge in [-0.1, -0.05) is 41.5 Å². The zero-order valence-corrected chi connectivity index (χ0v) is 20.6. The van der Waals surface area contributed by atoms with Crippen LogP contribution < -0.4 is 5.46 Å². The normalized spacial score (nSPS) is 19.3. The standard InChI is InChI=1S/C22H36BFN2O2Si/c1-14(2)29(15(3)4,16(5)6)26-12-11-17-19(18(24)13-25-20(17)26)23-27-21(7,8)22(9,10)28-23/h11-16H,1-10H3. The first-order valence-electron chi connectivity index (χ1n) is 10.8. The summed E-state index contributed by atoms with van der Waals surface area (Å²) in [5.41, 5.74) is 1.83. The van der Waals surface area contributed by atoms with Crippen LogP contribution >= 0.6 is 0 Å². The maximum atomic E-state index is 15.0. The molecule has 0 aromatic carbocycles. The predicted molar refractivity (Wildman–Crippen MR) is 122 cm³/mol. The molecule has 0 bridgehead atoms. The van der Waals surface area contributed by atoms with E-state index in [-0.39, 0.29) is 5.82 Å². The molecule has 0 amide bonds. The van der Waals surface area contributed by atoms with Gasteiger partial charge in [0, 0.05) is 10.8 Å². The molecule has 1 fully saturated rings. The molecule has 1 aliphatic rings. The van der Waals surface area contributed by atoms with Crippen LogP contribution in [0.5, 0.6) is 0 Å². The highest BCUT2D eigenvalue weighted by atomic mass is 28.3. The van der Waals surface area contributed by atoms with E-state index >= 15 is 4.39 Å². The summed E-state index contributed by atoms with van der Waals surface area (Å²) in [6.07, 6.45) is 3.46. The molecule has 0 spiro atoms. The number of halogens is 1. The van der Waals surface area contributed by atoms with Gasteiger partial charge >= 0.3 is 7.12 Å². The Morgan fingerprint density at radius 3 is 1.90 bits per heavy atom. The van der Waals surface area contributed by atoms with Crippen LogP contribution in [0.15, 0.2) is 18.5 Å². The van der Waals surface area contributed by atoms with Gasteiger partial charge in [0.25, 0.3) is 0 Å². The van der Waals surface area contributed by atoms with Gasteiger partial charge < -0.3 is 13.5 Å². The Morgan fingerprint density at radius 2 is 1.45 bits per heavy atom. The van der Waals surface area contributed by atoms with Crippen molar-refractivity contribution < 1.29 is 13.7 Å². The molecule has 2 aromatic heterocycles. The average Bonchev–Trinajstić information content (AvgIpc) is 3.05. The van der Waals surface area contributed by atoms with Gasteiger partial charge in [-0.3, -0.25) is 0 Å². The fourth-order valence-electron chi connectivity index (χ4n) is 5.43. The smallest absolute Gasteiger partial charge is 0.399 e. The van der Waals surface area contributed by atoms with E-state index in [4.69, 9.17) is 9.31 Å². The number of pyridine rings is 1. The quantitative estimate of drug-likeness (QED) is 0.602. The summed E-state index contributed by atoms with van der Waals surface area (Å²) in [7, 11) is -2.74. The summed E-state index contributed by atoms with van der Waals surface area (Å²) in [5.74, 6) is -0.375. The minimum Gasteiger partial charge on any atom is -0.399 e. The lowest BCUT2D eigenvalue weighted by Crippen LogP contribution is -2.51. The number of hydrogen-bond donors (Lipinski definition) is 0. The zero-order valence-electron chi connectivity index (χ0n) is 19.6. The van der Waals surface area contributed by atoms with Crippen LogP contribution in [0.4, 0.5) is 4.39 Å². The summed E-state index contributed by atoms with van der Waals surface area (Å²) >= 11 is 0. The Bertz CT molecular complexity index is 870. The second kappa shape index (κ2) is 7.20. The molecule has 0 atom stereocenters. The summed E-state index contributed by atoms with van der Waals surface area (Å²) in [6.45, 7) is 21.9. The highest BCUT2D eigenvalue weighted by molar-refractivity contribution is 6.82. The van der Waals surface area contributed by atoms with Crippen molar-refractivity contribution in [3.05, 3.63) is 24.3 Å². The predicted octanol–water partition coefficient (Wildman–Crippen LogP) is 5.50. The summed E-state index contributed by atoms with van der Waals surface area (Å²) in [4.78, 5) is 4.57. The third-order valence-corrected chi connectivity index (χ3v) is 14.1. The van der Waals surface area contributed by atoms with E-state index in [1.165, 1.54) is 6.20 Å². The van der Waals surface area contributed by atoms with Crippen molar-refractivity contribution in [2.24, 2.45) is 0 Å². The molecule has 4 nitrogen and oxygen atoms in total. The largest absolute Gasteiger partial charge is 0.498 e. The van der Waals surface area contributed by atoms with Gasteiger partial charge in [0.05, 0.1) is 17.4 Å². The molecule has 1 aliphatic heterocycles. The van der Waals surface area contributed by atoms with Crippen LogP contribution in [-0.4, -0.2) is 35.8 Å². The maximum absolute atomic E-state index is 15.0. The van der Waals surface area contributed by atoms with E-state index in [1.807, 2.05) is 33.8 Å². The molecule has 0 saturated carbocycles. The molecule has 0 aliphatic carbocycles. The first-order chi connectivity index (χ1) is 13.3. The lowest BCUT2D eigenvalue weighted by Gasteiger charge is -2.44. The minimum absolute atomic E-state index is 0.375. The second-order valence-corrected chi connectivity index (χ2v) is 16.1. The van der Waals surface area contributed by atoms with Crippen molar-refractivity contribution in [1.82, 2.24) is 9.22 Å². The van der Waals surface area contributed by atoms with Crippen molar-refractivity contribution in [3.8, 4) is 0 Å². The SMILES string of the molecule is CC(C)[Si](C(C)C)(C(C)C)n1ccc2c(B3OC(C)(C)C(C)(C)O3)c(F)cnc21. The first kappa shape index (κ1) is 22.5. The molecule has 0 unspecified atom stereocenters. The van der Waals surface area contributed by atoms with Crippen LogP contribution in [0.1, 0.15) is 69.2 Å². The lowest BCUT2D eigenvalue weighted by molar-refractivity contribution is 0.00578. The highest BCUT2D eigenvalue weighted by Gasteiger charge is 2.53. The van der Waals surface area contributed by atoms with Crippen molar-refractivity contribution >= 4 is 31.9 Å². The van der Waals surface area contributed by atoms with E-state index < -0.39 is 26.6 Å². The molecule has 7 heteroatoms. The molecule has 3 heterocycles. The summed E-state index contributed by atoms with van der Waals surface area (Å²) in [6, 6.07) is 2.00. The van der Waals surface area contributed by atoms with Crippen LogP contribution in [0.25, 0.3) is 11.0 Å². The molecule has 29 heavy (non-hydrogen) atoms. The van der Waals surface area contributed by atoms with Crippen LogP contribution in [0.3, 0.4) is 0 Å². The minimum atomic E-state index is -2.00. The number of hydrogen-bond acceptors (Lipinski definition) is 3. The van der Waals surface area contributed by atoms with Gasteiger partial charge in [-0.25, -0.2) is 9.37 Å². The zero-order chi connectivity index (χ0) is 21.9. The Labute approximate surface area is 176 Å². The van der Waals surface area contributed by atoms with E-state index in [1.54, 1.807) is 0 Å². The summed E-state index contributed by atoms with van der Waals surface area (Å²) < 4.78 is 29.8.